The Kier molecular flexibility index (Phi) is 5.76. The van der Waals surface area contributed by atoms with Crippen LogP contribution in [0.25, 0.3) is 0 Å². The molecule has 0 aromatic heterocycles. The summed E-state index contributed by atoms with van der Waals surface area (Å²) in [5, 5.41) is 2.97. The van der Waals surface area contributed by atoms with Gasteiger partial charge in [-0.3, -0.25) is 14.5 Å². The maximum absolute atomic E-state index is 12.5. The SMILES string of the molecule is C=CC(=O)N1CCN(Cc2ccc(NC(=O)c3ccc(C4CC4)cc3)cc2)CC1. The molecule has 1 saturated heterocycles. The Morgan fingerprint density at radius 3 is 2.21 bits per heavy atom. The smallest absolute Gasteiger partial charge is 0.255 e. The second kappa shape index (κ2) is 8.62. The van der Waals surface area contributed by atoms with Gasteiger partial charge in [0, 0.05) is 44.0 Å². The first kappa shape index (κ1) is 19.4. The van der Waals surface area contributed by atoms with Crippen LogP contribution < -0.4 is 5.32 Å². The number of anilines is 1. The van der Waals surface area contributed by atoms with E-state index in [0.29, 0.717) is 11.5 Å². The molecule has 0 unspecified atom stereocenters. The number of amides is 2. The van der Waals surface area contributed by atoms with Crippen LogP contribution in [-0.2, 0) is 11.3 Å². The van der Waals surface area contributed by atoms with Crippen LogP contribution in [0, 0.1) is 0 Å². The van der Waals surface area contributed by atoms with E-state index in [2.05, 4.69) is 28.9 Å². The summed E-state index contributed by atoms with van der Waals surface area (Å²) in [5.74, 6) is 0.625. The Hall–Kier alpha value is -2.92. The molecule has 2 aliphatic rings. The average Bonchev–Trinajstić information content (AvgIpc) is 3.61. The highest BCUT2D eigenvalue weighted by atomic mass is 16.2. The van der Waals surface area contributed by atoms with Crippen molar-refractivity contribution in [2.75, 3.05) is 31.5 Å². The van der Waals surface area contributed by atoms with E-state index in [-0.39, 0.29) is 11.8 Å². The van der Waals surface area contributed by atoms with Crippen LogP contribution >= 0.6 is 0 Å². The first-order valence-electron chi connectivity index (χ1n) is 10.3. The molecule has 1 aliphatic heterocycles. The van der Waals surface area contributed by atoms with Gasteiger partial charge in [0.2, 0.25) is 5.91 Å². The standard InChI is InChI=1S/C24H27N3O2/c1-2-23(28)27-15-13-26(14-16-27)17-18-3-11-22(12-4-18)25-24(29)21-9-7-20(8-10-21)19-5-6-19/h2-4,7-12,19H,1,5-6,13-17H2,(H,25,29). The molecule has 0 atom stereocenters. The molecule has 2 amide bonds. The quantitative estimate of drug-likeness (QED) is 0.768. The molecule has 29 heavy (non-hydrogen) atoms. The number of nitrogens with one attached hydrogen (secondary N) is 1. The van der Waals surface area contributed by atoms with Gasteiger partial charge in [-0.25, -0.2) is 0 Å². The van der Waals surface area contributed by atoms with Crippen molar-refractivity contribution in [3.63, 3.8) is 0 Å². The van der Waals surface area contributed by atoms with Crippen molar-refractivity contribution in [1.29, 1.82) is 0 Å². The van der Waals surface area contributed by atoms with Crippen LogP contribution in [0.1, 0.15) is 40.2 Å². The molecule has 1 saturated carbocycles. The second-order valence-corrected chi connectivity index (χ2v) is 7.85. The molecule has 5 nitrogen and oxygen atoms in total. The summed E-state index contributed by atoms with van der Waals surface area (Å²) in [7, 11) is 0. The summed E-state index contributed by atoms with van der Waals surface area (Å²) in [6.07, 6.45) is 3.91. The fourth-order valence-corrected chi connectivity index (χ4v) is 3.73. The van der Waals surface area contributed by atoms with Crippen LogP contribution in [0.5, 0.6) is 0 Å². The number of piperazine rings is 1. The van der Waals surface area contributed by atoms with Crippen molar-refractivity contribution in [2.24, 2.45) is 0 Å². The van der Waals surface area contributed by atoms with Crippen LogP contribution in [0.2, 0.25) is 0 Å². The largest absolute Gasteiger partial charge is 0.337 e. The minimum absolute atomic E-state index is 0.00641. The molecular weight excluding hydrogens is 362 g/mol. The Bertz CT molecular complexity index is 877. The molecule has 0 bridgehead atoms. The molecule has 2 fully saturated rings. The fraction of sp³-hybridized carbons (Fsp3) is 0.333. The molecule has 1 aliphatic carbocycles. The number of hydrogen-bond donors (Lipinski definition) is 1. The van der Waals surface area contributed by atoms with Gasteiger partial charge >= 0.3 is 0 Å². The van der Waals surface area contributed by atoms with Crippen LogP contribution in [-0.4, -0.2) is 47.8 Å². The molecule has 1 heterocycles. The number of carbonyl (C=O) groups is 2. The van der Waals surface area contributed by atoms with Crippen molar-refractivity contribution in [3.05, 3.63) is 77.9 Å². The van der Waals surface area contributed by atoms with Gasteiger partial charge < -0.3 is 10.2 Å². The molecule has 2 aromatic rings. The lowest BCUT2D eigenvalue weighted by molar-refractivity contribution is -0.127. The third-order valence-electron chi connectivity index (χ3n) is 5.70. The molecule has 0 radical (unpaired) electrons. The predicted octanol–water partition coefficient (Wildman–Crippen LogP) is 3.65. The van der Waals surface area contributed by atoms with E-state index in [1.54, 1.807) is 0 Å². The zero-order valence-corrected chi connectivity index (χ0v) is 16.6. The molecule has 1 N–H and O–H groups in total. The lowest BCUT2D eigenvalue weighted by Gasteiger charge is -2.34. The summed E-state index contributed by atoms with van der Waals surface area (Å²) in [5.41, 5.74) is 4.01. The van der Waals surface area contributed by atoms with Gasteiger partial charge in [-0.15, -0.1) is 0 Å². The van der Waals surface area contributed by atoms with Gasteiger partial charge in [-0.1, -0.05) is 30.8 Å². The monoisotopic (exact) mass is 389 g/mol. The van der Waals surface area contributed by atoms with Crippen LogP contribution in [0.3, 0.4) is 0 Å². The van der Waals surface area contributed by atoms with Gasteiger partial charge in [0.05, 0.1) is 0 Å². The van der Waals surface area contributed by atoms with E-state index < -0.39 is 0 Å². The van der Waals surface area contributed by atoms with Gasteiger partial charge in [0.25, 0.3) is 5.91 Å². The molecule has 4 rings (SSSR count). The lowest BCUT2D eigenvalue weighted by Crippen LogP contribution is -2.47. The minimum atomic E-state index is -0.0805. The molecule has 5 heteroatoms. The molecular formula is C24H27N3O2. The summed E-state index contributed by atoms with van der Waals surface area (Å²) >= 11 is 0. The van der Waals surface area contributed by atoms with Gasteiger partial charge in [0.1, 0.15) is 0 Å². The molecule has 2 aromatic carbocycles. The normalized spacial score (nSPS) is 17.0. The predicted molar refractivity (Wildman–Crippen MR) is 115 cm³/mol. The molecule has 150 valence electrons. The maximum Gasteiger partial charge on any atom is 0.255 e. The fourth-order valence-electron chi connectivity index (χ4n) is 3.73. The van der Waals surface area contributed by atoms with Gasteiger partial charge in [-0.05, 0) is 60.2 Å². The minimum Gasteiger partial charge on any atom is -0.337 e. The second-order valence-electron chi connectivity index (χ2n) is 7.85. The van der Waals surface area contributed by atoms with E-state index >= 15 is 0 Å². The van der Waals surface area contributed by atoms with Gasteiger partial charge in [-0.2, -0.15) is 0 Å². The third-order valence-corrected chi connectivity index (χ3v) is 5.70. The lowest BCUT2D eigenvalue weighted by atomic mass is 10.1. The highest BCUT2D eigenvalue weighted by Gasteiger charge is 2.23. The average molecular weight is 389 g/mol. The Morgan fingerprint density at radius 2 is 1.62 bits per heavy atom. The van der Waals surface area contributed by atoms with E-state index in [9.17, 15) is 9.59 Å². The van der Waals surface area contributed by atoms with Gasteiger partial charge in [0.15, 0.2) is 0 Å². The van der Waals surface area contributed by atoms with Crippen molar-refractivity contribution in [3.8, 4) is 0 Å². The van der Waals surface area contributed by atoms with E-state index in [4.69, 9.17) is 0 Å². The third kappa shape index (κ3) is 4.93. The van der Waals surface area contributed by atoms with Crippen molar-refractivity contribution in [2.45, 2.75) is 25.3 Å². The maximum atomic E-state index is 12.5. The van der Waals surface area contributed by atoms with Crippen molar-refractivity contribution >= 4 is 17.5 Å². The Balaban J connectivity index is 1.28. The molecule has 0 spiro atoms. The number of rotatable bonds is 6. The Labute approximate surface area is 172 Å². The summed E-state index contributed by atoms with van der Waals surface area (Å²) < 4.78 is 0. The van der Waals surface area contributed by atoms with Crippen LogP contribution in [0.4, 0.5) is 5.69 Å². The summed E-state index contributed by atoms with van der Waals surface area (Å²) in [6, 6.07) is 15.9. The number of carbonyl (C=O) groups excluding carboxylic acids is 2. The summed E-state index contributed by atoms with van der Waals surface area (Å²) in [6.45, 7) is 7.57. The first-order chi connectivity index (χ1) is 14.1. The zero-order chi connectivity index (χ0) is 20.2. The van der Waals surface area contributed by atoms with Crippen LogP contribution in [0.15, 0.2) is 61.2 Å². The number of benzene rings is 2. The highest BCUT2D eigenvalue weighted by Crippen LogP contribution is 2.39. The highest BCUT2D eigenvalue weighted by molar-refractivity contribution is 6.04. The topological polar surface area (TPSA) is 52.7 Å². The first-order valence-corrected chi connectivity index (χ1v) is 10.3. The van der Waals surface area contributed by atoms with E-state index in [1.807, 2.05) is 41.3 Å². The Morgan fingerprint density at radius 1 is 0.966 bits per heavy atom. The summed E-state index contributed by atoms with van der Waals surface area (Å²) in [4.78, 5) is 28.3. The zero-order valence-electron chi connectivity index (χ0n) is 16.6. The van der Waals surface area contributed by atoms with E-state index in [0.717, 1.165) is 38.4 Å². The van der Waals surface area contributed by atoms with Crippen molar-refractivity contribution in [1.82, 2.24) is 9.80 Å². The number of nitrogens with zero attached hydrogens (tertiary/aromatic N) is 2. The van der Waals surface area contributed by atoms with E-state index in [1.165, 1.54) is 30.0 Å². The van der Waals surface area contributed by atoms with Crippen molar-refractivity contribution < 1.29 is 9.59 Å². The number of hydrogen-bond acceptors (Lipinski definition) is 3.